The van der Waals surface area contributed by atoms with Gasteiger partial charge in [-0.2, -0.15) is 0 Å². The smallest absolute Gasteiger partial charge is 0.288 e. The first-order valence-electron chi connectivity index (χ1n) is 9.69. The maximum Gasteiger partial charge on any atom is 0.288 e. The molecule has 0 saturated heterocycles. The molecule has 1 atom stereocenters. The third-order valence-electron chi connectivity index (χ3n) is 4.92. The second-order valence-electron chi connectivity index (χ2n) is 7.27. The summed E-state index contributed by atoms with van der Waals surface area (Å²) >= 11 is 0. The highest BCUT2D eigenvalue weighted by Crippen LogP contribution is 2.27. The van der Waals surface area contributed by atoms with Crippen LogP contribution in [0.5, 0.6) is 5.75 Å². The van der Waals surface area contributed by atoms with Crippen molar-refractivity contribution in [1.29, 1.82) is 0 Å². The van der Waals surface area contributed by atoms with Crippen LogP contribution < -0.4 is 20.5 Å². The Balaban J connectivity index is 1.70. The first-order valence-corrected chi connectivity index (χ1v) is 9.69. The number of hydrazine groups is 1. The van der Waals surface area contributed by atoms with Crippen LogP contribution in [0, 0.1) is 6.92 Å². The van der Waals surface area contributed by atoms with Gasteiger partial charge in [-0.15, -0.1) is 0 Å². The van der Waals surface area contributed by atoms with Gasteiger partial charge in [0.1, 0.15) is 12.3 Å². The molecule has 0 fully saturated rings. The van der Waals surface area contributed by atoms with Gasteiger partial charge < -0.3 is 15.0 Å². The van der Waals surface area contributed by atoms with Crippen molar-refractivity contribution in [2.75, 3.05) is 39.3 Å². The number of aliphatic imine (C=N–C) groups is 1. The number of rotatable bonds is 7. The number of amidine groups is 1. The van der Waals surface area contributed by atoms with E-state index in [0.29, 0.717) is 12.2 Å². The number of nitrogens with zero attached hydrogens (tertiary/aromatic N) is 3. The van der Waals surface area contributed by atoms with Gasteiger partial charge in [0.25, 0.3) is 11.8 Å². The Morgan fingerprint density at radius 1 is 1.23 bits per heavy atom. The van der Waals surface area contributed by atoms with E-state index in [1.165, 1.54) is 5.01 Å². The second-order valence-corrected chi connectivity index (χ2v) is 7.27. The van der Waals surface area contributed by atoms with Gasteiger partial charge in [0, 0.05) is 12.1 Å². The summed E-state index contributed by atoms with van der Waals surface area (Å²) in [6.45, 7) is 2.23. The van der Waals surface area contributed by atoms with E-state index in [-0.39, 0.29) is 30.2 Å². The van der Waals surface area contributed by atoms with E-state index >= 15 is 0 Å². The van der Waals surface area contributed by atoms with Crippen molar-refractivity contribution < 1.29 is 14.3 Å². The molecule has 0 aliphatic carbocycles. The van der Waals surface area contributed by atoms with Gasteiger partial charge in [0.05, 0.1) is 18.8 Å². The third kappa shape index (κ3) is 4.77. The number of hydrogen-bond acceptors (Lipinski definition) is 6. The zero-order valence-electron chi connectivity index (χ0n) is 17.7. The predicted molar refractivity (Wildman–Crippen MR) is 117 cm³/mol. The van der Waals surface area contributed by atoms with Crippen LogP contribution in [0.4, 0.5) is 5.69 Å². The van der Waals surface area contributed by atoms with Crippen LogP contribution in [0.2, 0.25) is 0 Å². The number of ether oxygens (including phenoxy) is 1. The number of methoxy groups -OCH3 is 1. The molecule has 1 heterocycles. The fourth-order valence-electron chi connectivity index (χ4n) is 3.23. The standard InChI is InChI=1S/C22H27N5O3/c1-15-9-11-16(12-10-15)27-20(28)14-23-21(25-27)22(29)24-13-18(26(2)3)17-7-5-6-8-19(17)30-4/h5-12,18H,13-14H2,1-4H3,(H,23,25)(H,24,29). The molecule has 0 bridgehead atoms. The summed E-state index contributed by atoms with van der Waals surface area (Å²) in [7, 11) is 5.51. The van der Waals surface area contributed by atoms with Crippen molar-refractivity contribution in [3.63, 3.8) is 0 Å². The molecule has 1 unspecified atom stereocenters. The highest BCUT2D eigenvalue weighted by atomic mass is 16.5. The molecule has 30 heavy (non-hydrogen) atoms. The largest absolute Gasteiger partial charge is 0.496 e. The Hall–Kier alpha value is -3.39. The second kappa shape index (κ2) is 9.41. The Bertz CT molecular complexity index is 940. The topological polar surface area (TPSA) is 86.3 Å². The average Bonchev–Trinajstić information content (AvgIpc) is 2.75. The van der Waals surface area contributed by atoms with Gasteiger partial charge in [0.2, 0.25) is 5.84 Å². The van der Waals surface area contributed by atoms with Crippen LogP contribution in [-0.4, -0.2) is 56.8 Å². The molecule has 2 aromatic carbocycles. The minimum atomic E-state index is -0.374. The zero-order valence-corrected chi connectivity index (χ0v) is 17.7. The van der Waals surface area contributed by atoms with Crippen molar-refractivity contribution in [2.24, 2.45) is 4.99 Å². The van der Waals surface area contributed by atoms with E-state index in [2.05, 4.69) is 15.7 Å². The molecule has 1 aliphatic rings. The predicted octanol–water partition coefficient (Wildman–Crippen LogP) is 1.67. The molecule has 1 aliphatic heterocycles. The fraction of sp³-hybridized carbons (Fsp3) is 0.318. The van der Waals surface area contributed by atoms with Gasteiger partial charge in [0.15, 0.2) is 0 Å². The summed E-state index contributed by atoms with van der Waals surface area (Å²) in [5, 5.41) is 4.26. The molecular formula is C22H27N5O3. The number of likely N-dealkylation sites (N-methyl/N-ethyl adjacent to an activating group) is 1. The van der Waals surface area contributed by atoms with Crippen molar-refractivity contribution >= 4 is 23.3 Å². The Morgan fingerprint density at radius 3 is 2.60 bits per heavy atom. The first kappa shape index (κ1) is 21.3. The molecule has 3 rings (SSSR count). The summed E-state index contributed by atoms with van der Waals surface area (Å²) in [5.41, 5.74) is 5.55. The number of benzene rings is 2. The summed E-state index contributed by atoms with van der Waals surface area (Å²) in [6, 6.07) is 15.1. The van der Waals surface area contributed by atoms with E-state index in [0.717, 1.165) is 16.9 Å². The maximum absolute atomic E-state index is 12.8. The van der Waals surface area contributed by atoms with Crippen molar-refractivity contribution in [2.45, 2.75) is 13.0 Å². The van der Waals surface area contributed by atoms with Gasteiger partial charge in [-0.1, -0.05) is 35.9 Å². The Labute approximate surface area is 176 Å². The molecule has 0 saturated carbocycles. The maximum atomic E-state index is 12.8. The normalized spacial score (nSPS) is 14.8. The van der Waals surface area contributed by atoms with Crippen LogP contribution in [0.15, 0.2) is 53.5 Å². The van der Waals surface area contributed by atoms with Crippen LogP contribution in [-0.2, 0) is 9.59 Å². The number of anilines is 1. The highest BCUT2D eigenvalue weighted by Gasteiger charge is 2.26. The monoisotopic (exact) mass is 409 g/mol. The lowest BCUT2D eigenvalue weighted by Crippen LogP contribution is -2.56. The van der Waals surface area contributed by atoms with Crippen LogP contribution in [0.1, 0.15) is 17.2 Å². The lowest BCUT2D eigenvalue weighted by atomic mass is 10.0. The van der Waals surface area contributed by atoms with Gasteiger partial charge >= 0.3 is 0 Å². The quantitative estimate of drug-likeness (QED) is 0.727. The van der Waals surface area contributed by atoms with E-state index in [4.69, 9.17) is 4.74 Å². The van der Waals surface area contributed by atoms with Gasteiger partial charge in [-0.3, -0.25) is 20.0 Å². The summed E-state index contributed by atoms with van der Waals surface area (Å²) in [4.78, 5) is 31.1. The van der Waals surface area contributed by atoms with Crippen molar-refractivity contribution in [3.05, 3.63) is 59.7 Å². The molecule has 0 radical (unpaired) electrons. The van der Waals surface area contributed by atoms with Crippen LogP contribution in [0.3, 0.4) is 0 Å². The lowest BCUT2D eigenvalue weighted by Gasteiger charge is -2.29. The number of para-hydroxylation sites is 1. The van der Waals surface area contributed by atoms with Crippen molar-refractivity contribution in [3.8, 4) is 5.75 Å². The molecule has 158 valence electrons. The average molecular weight is 409 g/mol. The molecule has 2 aromatic rings. The number of carbonyl (C=O) groups excluding carboxylic acids is 2. The van der Waals surface area contributed by atoms with E-state index in [1.807, 2.05) is 74.4 Å². The molecule has 0 spiro atoms. The summed E-state index contributed by atoms with van der Waals surface area (Å²) in [6.07, 6.45) is 0. The van der Waals surface area contributed by atoms with Gasteiger partial charge in [-0.05, 0) is 39.2 Å². The summed E-state index contributed by atoms with van der Waals surface area (Å²) < 4.78 is 5.46. The molecule has 2 N–H and O–H groups in total. The van der Waals surface area contributed by atoms with Crippen LogP contribution >= 0.6 is 0 Å². The lowest BCUT2D eigenvalue weighted by molar-refractivity contribution is -0.118. The van der Waals surface area contributed by atoms with Crippen molar-refractivity contribution in [1.82, 2.24) is 15.6 Å². The number of aryl methyl sites for hydroxylation is 1. The number of amides is 2. The van der Waals surface area contributed by atoms with Gasteiger partial charge in [-0.25, -0.2) is 5.01 Å². The Morgan fingerprint density at radius 2 is 1.93 bits per heavy atom. The number of hydrogen-bond donors (Lipinski definition) is 2. The fourth-order valence-corrected chi connectivity index (χ4v) is 3.23. The van der Waals surface area contributed by atoms with Crippen LogP contribution in [0.25, 0.3) is 0 Å². The number of nitrogens with one attached hydrogen (secondary N) is 2. The third-order valence-corrected chi connectivity index (χ3v) is 4.92. The molecule has 2 amide bonds. The number of carbonyl (C=O) groups is 2. The highest BCUT2D eigenvalue weighted by molar-refractivity contribution is 6.39. The minimum Gasteiger partial charge on any atom is -0.496 e. The zero-order chi connectivity index (χ0) is 21.7. The van der Waals surface area contributed by atoms with E-state index in [1.54, 1.807) is 7.11 Å². The van der Waals surface area contributed by atoms with E-state index in [9.17, 15) is 9.59 Å². The molecule has 0 aromatic heterocycles. The SMILES string of the molecule is COc1ccccc1C(CNC(=O)C1=NCC(=O)N(c2ccc(C)cc2)N1)N(C)C. The molecule has 8 heteroatoms. The minimum absolute atomic E-state index is 0.0900. The molecule has 8 nitrogen and oxygen atoms in total. The van der Waals surface area contributed by atoms with E-state index < -0.39 is 0 Å². The first-order chi connectivity index (χ1) is 14.4. The summed E-state index contributed by atoms with van der Waals surface area (Å²) in [5.74, 6) is 0.263. The molecular weight excluding hydrogens is 382 g/mol. The Kier molecular flexibility index (Phi) is 6.68.